The van der Waals surface area contributed by atoms with Gasteiger partial charge in [0, 0.05) is 12.1 Å². The van der Waals surface area contributed by atoms with Crippen LogP contribution in [0.2, 0.25) is 0 Å². The number of anilines is 2. The van der Waals surface area contributed by atoms with E-state index < -0.39 is 4.92 Å². The van der Waals surface area contributed by atoms with E-state index in [1.807, 2.05) is 26.0 Å². The number of rotatable bonds is 3. The number of nitrogens with one attached hydrogen (secondary N) is 1. The molecule has 0 spiro atoms. The summed E-state index contributed by atoms with van der Waals surface area (Å²) in [7, 11) is 0. The van der Waals surface area contributed by atoms with E-state index in [9.17, 15) is 10.1 Å². The summed E-state index contributed by atoms with van der Waals surface area (Å²) >= 11 is 1.31. The van der Waals surface area contributed by atoms with Crippen molar-refractivity contribution in [3.63, 3.8) is 0 Å². The molecule has 0 bridgehead atoms. The van der Waals surface area contributed by atoms with Crippen molar-refractivity contribution in [1.29, 1.82) is 0 Å². The zero-order valence-corrected chi connectivity index (χ0v) is 13.7. The molecule has 2 aromatic heterocycles. The number of thiazole rings is 1. The molecule has 0 aliphatic rings. The van der Waals surface area contributed by atoms with Crippen LogP contribution in [-0.2, 0) is 0 Å². The molecule has 0 atom stereocenters. The van der Waals surface area contributed by atoms with Crippen LogP contribution in [0.25, 0.3) is 21.3 Å². The Morgan fingerprint density at radius 3 is 2.71 bits per heavy atom. The minimum Gasteiger partial charge on any atom is -0.423 e. The molecule has 0 radical (unpaired) electrons. The maximum atomic E-state index is 10.8. The second-order valence-corrected chi connectivity index (χ2v) is 6.51. The van der Waals surface area contributed by atoms with Crippen LogP contribution in [0, 0.1) is 24.0 Å². The van der Waals surface area contributed by atoms with Gasteiger partial charge in [-0.15, -0.1) is 0 Å². The zero-order valence-electron chi connectivity index (χ0n) is 12.9. The second kappa shape index (κ2) is 5.27. The Balaban J connectivity index is 1.69. The fourth-order valence-corrected chi connectivity index (χ4v) is 3.29. The quantitative estimate of drug-likeness (QED) is 0.429. The van der Waals surface area contributed by atoms with E-state index in [1.165, 1.54) is 23.5 Å². The van der Waals surface area contributed by atoms with Crippen LogP contribution in [0.4, 0.5) is 16.8 Å². The number of oxazole rings is 1. The van der Waals surface area contributed by atoms with Crippen molar-refractivity contribution in [2.24, 2.45) is 0 Å². The van der Waals surface area contributed by atoms with Crippen LogP contribution < -0.4 is 5.32 Å². The van der Waals surface area contributed by atoms with Gasteiger partial charge in [0.15, 0.2) is 10.7 Å². The average molecular weight is 340 g/mol. The van der Waals surface area contributed by atoms with Gasteiger partial charge in [0.25, 0.3) is 5.69 Å². The number of aryl methyl sites for hydroxylation is 2. The highest BCUT2D eigenvalue weighted by Crippen LogP contribution is 2.31. The maximum Gasteiger partial charge on any atom is 0.302 e. The Morgan fingerprint density at radius 2 is 1.92 bits per heavy atom. The lowest BCUT2D eigenvalue weighted by Gasteiger charge is -1.96. The maximum absolute atomic E-state index is 10.8. The van der Waals surface area contributed by atoms with Crippen molar-refractivity contribution in [3.8, 4) is 0 Å². The van der Waals surface area contributed by atoms with Crippen molar-refractivity contribution < 1.29 is 9.34 Å². The number of hydrogen-bond donors (Lipinski definition) is 1. The van der Waals surface area contributed by atoms with Crippen LogP contribution in [0.3, 0.4) is 0 Å². The number of non-ortho nitro benzene ring substituents is 1. The molecule has 0 unspecified atom stereocenters. The Bertz CT molecular complexity index is 1060. The van der Waals surface area contributed by atoms with Gasteiger partial charge in [-0.25, -0.2) is 4.98 Å². The average Bonchev–Trinajstić information content (AvgIpc) is 3.09. The summed E-state index contributed by atoms with van der Waals surface area (Å²) in [6, 6.07) is 8.86. The van der Waals surface area contributed by atoms with Gasteiger partial charge in [0.1, 0.15) is 5.52 Å². The molecule has 8 heteroatoms. The van der Waals surface area contributed by atoms with Crippen LogP contribution in [0.15, 0.2) is 34.7 Å². The van der Waals surface area contributed by atoms with E-state index in [2.05, 4.69) is 15.3 Å². The normalized spacial score (nSPS) is 11.2. The predicted molar refractivity (Wildman–Crippen MR) is 93.0 cm³/mol. The van der Waals surface area contributed by atoms with E-state index in [0.29, 0.717) is 22.2 Å². The zero-order chi connectivity index (χ0) is 16.8. The first kappa shape index (κ1) is 14.6. The van der Waals surface area contributed by atoms with Crippen LogP contribution in [0.1, 0.15) is 11.1 Å². The molecule has 0 fully saturated rings. The minimum absolute atomic E-state index is 0.0468. The molecule has 24 heavy (non-hydrogen) atoms. The fourth-order valence-electron chi connectivity index (χ4n) is 2.41. The number of fused-ring (bicyclic) bond motifs is 2. The van der Waals surface area contributed by atoms with Gasteiger partial charge in [-0.1, -0.05) is 11.3 Å². The van der Waals surface area contributed by atoms with Crippen LogP contribution in [-0.4, -0.2) is 14.9 Å². The van der Waals surface area contributed by atoms with Gasteiger partial charge in [0.2, 0.25) is 0 Å². The number of nitro groups is 1. The van der Waals surface area contributed by atoms with E-state index >= 15 is 0 Å². The molecule has 7 nitrogen and oxygen atoms in total. The molecule has 1 N–H and O–H groups in total. The highest BCUT2D eigenvalue weighted by molar-refractivity contribution is 7.22. The van der Waals surface area contributed by atoms with E-state index in [0.717, 1.165) is 21.3 Å². The molecule has 0 amide bonds. The summed E-state index contributed by atoms with van der Waals surface area (Å²) in [5.74, 6) is 0. The Hall–Kier alpha value is -3.00. The highest BCUT2D eigenvalue weighted by atomic mass is 32.1. The van der Waals surface area contributed by atoms with Crippen LogP contribution in [0.5, 0.6) is 0 Å². The molecule has 0 aliphatic heterocycles. The highest BCUT2D eigenvalue weighted by Gasteiger charge is 2.13. The summed E-state index contributed by atoms with van der Waals surface area (Å²) in [6.07, 6.45) is 0. The number of hydrogen-bond acceptors (Lipinski definition) is 7. The Morgan fingerprint density at radius 1 is 1.12 bits per heavy atom. The number of aromatic nitrogens is 2. The van der Waals surface area contributed by atoms with Gasteiger partial charge >= 0.3 is 6.01 Å². The largest absolute Gasteiger partial charge is 0.423 e. The third-order valence-electron chi connectivity index (χ3n) is 3.80. The van der Waals surface area contributed by atoms with Crippen molar-refractivity contribution >= 4 is 49.5 Å². The first-order chi connectivity index (χ1) is 11.5. The van der Waals surface area contributed by atoms with E-state index in [4.69, 9.17) is 4.42 Å². The van der Waals surface area contributed by atoms with Gasteiger partial charge < -0.3 is 4.42 Å². The Labute approximate surface area is 140 Å². The molecule has 0 aliphatic carbocycles. The third kappa shape index (κ3) is 2.46. The smallest absolute Gasteiger partial charge is 0.302 e. The summed E-state index contributed by atoms with van der Waals surface area (Å²) in [5.41, 5.74) is 4.50. The van der Waals surface area contributed by atoms with Crippen molar-refractivity contribution in [2.75, 3.05) is 5.32 Å². The van der Waals surface area contributed by atoms with E-state index in [1.54, 1.807) is 6.07 Å². The number of nitrogens with zero attached hydrogens (tertiary/aromatic N) is 3. The Kier molecular flexibility index (Phi) is 3.20. The van der Waals surface area contributed by atoms with E-state index in [-0.39, 0.29) is 5.69 Å². The summed E-state index contributed by atoms with van der Waals surface area (Å²) in [4.78, 5) is 19.2. The molecule has 0 saturated carbocycles. The lowest BCUT2D eigenvalue weighted by Crippen LogP contribution is -1.88. The van der Waals surface area contributed by atoms with Gasteiger partial charge in [-0.2, -0.15) is 4.98 Å². The van der Waals surface area contributed by atoms with Gasteiger partial charge in [0.05, 0.1) is 15.1 Å². The molecule has 2 heterocycles. The topological polar surface area (TPSA) is 94.1 Å². The van der Waals surface area contributed by atoms with Crippen molar-refractivity contribution in [2.45, 2.75) is 13.8 Å². The second-order valence-electron chi connectivity index (χ2n) is 5.48. The van der Waals surface area contributed by atoms with Crippen molar-refractivity contribution in [1.82, 2.24) is 9.97 Å². The molecule has 2 aromatic carbocycles. The molecular formula is C16H12N4O3S. The lowest BCUT2D eigenvalue weighted by molar-refractivity contribution is -0.384. The summed E-state index contributed by atoms with van der Waals surface area (Å²) in [6.45, 7) is 4.04. The number of benzene rings is 2. The first-order valence-corrected chi connectivity index (χ1v) is 8.01. The minimum atomic E-state index is -0.419. The van der Waals surface area contributed by atoms with Crippen LogP contribution >= 0.6 is 11.3 Å². The molecule has 120 valence electrons. The van der Waals surface area contributed by atoms with Crippen molar-refractivity contribution in [3.05, 3.63) is 51.6 Å². The standard InChI is InChI=1S/C16H12N4O3S/c1-8-5-12-13(6-9(8)2)23-15(17-12)19-16-18-11-4-3-10(20(21)22)7-14(11)24-16/h3-7H,1-2H3,(H,17,18,19). The molecule has 4 rings (SSSR count). The SMILES string of the molecule is Cc1cc2nc(Nc3nc4ccc([N+](=O)[O-])cc4s3)oc2cc1C. The third-order valence-corrected chi connectivity index (χ3v) is 4.73. The molecule has 0 saturated heterocycles. The lowest BCUT2D eigenvalue weighted by atomic mass is 10.1. The van der Waals surface area contributed by atoms with Gasteiger partial charge in [-0.05, 0) is 43.2 Å². The first-order valence-electron chi connectivity index (χ1n) is 7.19. The van der Waals surface area contributed by atoms with Gasteiger partial charge in [-0.3, -0.25) is 15.4 Å². The monoisotopic (exact) mass is 340 g/mol. The summed E-state index contributed by atoms with van der Waals surface area (Å²) in [5, 5.41) is 14.5. The predicted octanol–water partition coefficient (Wildman–Crippen LogP) is 4.71. The number of nitro benzene ring substituents is 1. The fraction of sp³-hybridized carbons (Fsp3) is 0.125. The molecule has 4 aromatic rings. The molecular weight excluding hydrogens is 328 g/mol. The summed E-state index contributed by atoms with van der Waals surface area (Å²) < 4.78 is 6.43.